The Morgan fingerprint density at radius 2 is 1.88 bits per heavy atom. The van der Waals surface area contributed by atoms with Gasteiger partial charge in [-0.2, -0.15) is 0 Å². The molecular formula is C17H26N4O3. The van der Waals surface area contributed by atoms with E-state index in [-0.39, 0.29) is 17.6 Å². The Morgan fingerprint density at radius 3 is 2.42 bits per heavy atom. The molecule has 0 unspecified atom stereocenters. The number of hydrogen-bond acceptors (Lipinski definition) is 6. The lowest BCUT2D eigenvalue weighted by molar-refractivity contribution is -0.169. The maximum absolute atomic E-state index is 12.1. The third-order valence-corrected chi connectivity index (χ3v) is 4.92. The molecule has 0 saturated carbocycles. The Balaban J connectivity index is 1.56. The molecule has 3 rings (SSSR count). The van der Waals surface area contributed by atoms with Crippen LogP contribution in [0.2, 0.25) is 0 Å². The van der Waals surface area contributed by atoms with Crippen LogP contribution in [0, 0.1) is 5.92 Å². The highest BCUT2D eigenvalue weighted by atomic mass is 16.7. The summed E-state index contributed by atoms with van der Waals surface area (Å²) in [5.41, 5.74) is 0. The molecule has 7 nitrogen and oxygen atoms in total. The number of anilines is 2. The molecule has 2 saturated heterocycles. The lowest BCUT2D eigenvalue weighted by atomic mass is 10.0. The van der Waals surface area contributed by atoms with Crippen molar-refractivity contribution in [2.24, 2.45) is 5.92 Å². The molecule has 2 fully saturated rings. The molecule has 0 aromatic carbocycles. The minimum Gasteiger partial charge on any atom is -0.355 e. The summed E-state index contributed by atoms with van der Waals surface area (Å²) >= 11 is 0. The number of nitrogens with one attached hydrogen (secondary N) is 1. The van der Waals surface area contributed by atoms with Gasteiger partial charge in [-0.15, -0.1) is 10.2 Å². The standard InChI is InChI=1S/C17H26N4O3/c1-3-13(4-2)16(22)18-14-5-6-15(20-19-14)21-9-7-17(8-10-21)23-11-12-24-17/h5-6,13H,3-4,7-12H2,1-2H3,(H,18,19,22). The highest BCUT2D eigenvalue weighted by molar-refractivity contribution is 5.91. The van der Waals surface area contributed by atoms with Gasteiger partial charge < -0.3 is 19.7 Å². The average Bonchev–Trinajstić information content (AvgIpc) is 3.06. The van der Waals surface area contributed by atoms with E-state index in [0.29, 0.717) is 19.0 Å². The Hall–Kier alpha value is -1.73. The number of rotatable bonds is 5. The van der Waals surface area contributed by atoms with Crippen molar-refractivity contribution < 1.29 is 14.3 Å². The van der Waals surface area contributed by atoms with E-state index in [2.05, 4.69) is 20.4 Å². The third-order valence-electron chi connectivity index (χ3n) is 4.92. The molecule has 0 atom stereocenters. The molecular weight excluding hydrogens is 308 g/mol. The fourth-order valence-electron chi connectivity index (χ4n) is 3.31. The largest absolute Gasteiger partial charge is 0.355 e. The van der Waals surface area contributed by atoms with Crippen LogP contribution in [0.5, 0.6) is 0 Å². The van der Waals surface area contributed by atoms with E-state index in [1.807, 2.05) is 26.0 Å². The summed E-state index contributed by atoms with van der Waals surface area (Å²) in [4.78, 5) is 14.3. The molecule has 1 N–H and O–H groups in total. The smallest absolute Gasteiger partial charge is 0.228 e. The van der Waals surface area contributed by atoms with E-state index in [1.165, 1.54) is 0 Å². The third kappa shape index (κ3) is 3.67. The number of amides is 1. The zero-order chi connectivity index (χ0) is 17.0. The number of aromatic nitrogens is 2. The van der Waals surface area contributed by atoms with Gasteiger partial charge in [-0.05, 0) is 25.0 Å². The van der Waals surface area contributed by atoms with Crippen molar-refractivity contribution >= 4 is 17.5 Å². The van der Waals surface area contributed by atoms with E-state index in [9.17, 15) is 4.79 Å². The summed E-state index contributed by atoms with van der Waals surface area (Å²) in [6.45, 7) is 7.06. The zero-order valence-corrected chi connectivity index (χ0v) is 14.5. The second-order valence-electron chi connectivity index (χ2n) is 6.37. The maximum Gasteiger partial charge on any atom is 0.228 e. The van der Waals surface area contributed by atoms with Crippen LogP contribution in [0.15, 0.2) is 12.1 Å². The van der Waals surface area contributed by atoms with Crippen molar-refractivity contribution in [2.75, 3.05) is 36.5 Å². The zero-order valence-electron chi connectivity index (χ0n) is 14.5. The van der Waals surface area contributed by atoms with Gasteiger partial charge >= 0.3 is 0 Å². The molecule has 1 spiro atoms. The van der Waals surface area contributed by atoms with E-state index in [4.69, 9.17) is 9.47 Å². The summed E-state index contributed by atoms with van der Waals surface area (Å²) in [6, 6.07) is 3.72. The molecule has 1 amide bonds. The number of ether oxygens (including phenoxy) is 2. The van der Waals surface area contributed by atoms with Gasteiger partial charge in [0.15, 0.2) is 17.4 Å². The SMILES string of the molecule is CCC(CC)C(=O)Nc1ccc(N2CCC3(CC2)OCCO3)nn1. The van der Waals surface area contributed by atoms with Gasteiger partial charge in [0.05, 0.1) is 13.2 Å². The lowest BCUT2D eigenvalue weighted by Gasteiger charge is -2.37. The first-order valence-electron chi connectivity index (χ1n) is 8.83. The van der Waals surface area contributed by atoms with Gasteiger partial charge in [-0.3, -0.25) is 4.79 Å². The quantitative estimate of drug-likeness (QED) is 0.889. The second kappa shape index (κ2) is 7.44. The Kier molecular flexibility index (Phi) is 5.30. The normalized spacial score (nSPS) is 19.9. The fourth-order valence-corrected chi connectivity index (χ4v) is 3.31. The van der Waals surface area contributed by atoms with Gasteiger partial charge in [0.2, 0.25) is 5.91 Å². The number of carbonyl (C=O) groups is 1. The molecule has 0 bridgehead atoms. The molecule has 3 heterocycles. The van der Waals surface area contributed by atoms with Crippen LogP contribution in [0.4, 0.5) is 11.6 Å². The topological polar surface area (TPSA) is 76.6 Å². The van der Waals surface area contributed by atoms with E-state index >= 15 is 0 Å². The summed E-state index contributed by atoms with van der Waals surface area (Å²) in [7, 11) is 0. The fraction of sp³-hybridized carbons (Fsp3) is 0.706. The van der Waals surface area contributed by atoms with Crippen molar-refractivity contribution in [3.05, 3.63) is 12.1 Å². The van der Waals surface area contributed by atoms with Crippen molar-refractivity contribution in [3.8, 4) is 0 Å². The van der Waals surface area contributed by atoms with Gasteiger partial charge in [-0.25, -0.2) is 0 Å². The van der Waals surface area contributed by atoms with Crippen LogP contribution in [0.1, 0.15) is 39.5 Å². The second-order valence-corrected chi connectivity index (χ2v) is 6.37. The first-order valence-corrected chi connectivity index (χ1v) is 8.83. The lowest BCUT2D eigenvalue weighted by Crippen LogP contribution is -2.45. The number of nitrogens with zero attached hydrogens (tertiary/aromatic N) is 3. The number of piperidine rings is 1. The predicted octanol–water partition coefficient (Wildman–Crippen LogP) is 2.19. The predicted molar refractivity (Wildman–Crippen MR) is 90.8 cm³/mol. The Morgan fingerprint density at radius 1 is 1.21 bits per heavy atom. The van der Waals surface area contributed by atoms with Crippen LogP contribution < -0.4 is 10.2 Å². The van der Waals surface area contributed by atoms with Crippen molar-refractivity contribution in [1.29, 1.82) is 0 Å². The van der Waals surface area contributed by atoms with Crippen LogP contribution in [0.25, 0.3) is 0 Å². The Bertz CT molecular complexity index is 543. The van der Waals surface area contributed by atoms with Crippen molar-refractivity contribution in [1.82, 2.24) is 10.2 Å². The molecule has 1 aromatic heterocycles. The first-order chi connectivity index (χ1) is 11.7. The monoisotopic (exact) mass is 334 g/mol. The average molecular weight is 334 g/mol. The molecule has 1 aromatic rings. The van der Waals surface area contributed by atoms with Gasteiger partial charge in [0.25, 0.3) is 0 Å². The van der Waals surface area contributed by atoms with Crippen molar-refractivity contribution in [3.63, 3.8) is 0 Å². The van der Waals surface area contributed by atoms with Crippen LogP contribution in [-0.4, -0.2) is 48.2 Å². The minimum absolute atomic E-state index is 0.0116. The van der Waals surface area contributed by atoms with Gasteiger partial charge in [-0.1, -0.05) is 13.8 Å². The molecule has 2 aliphatic heterocycles. The molecule has 2 aliphatic rings. The minimum atomic E-state index is -0.382. The number of carbonyl (C=O) groups excluding carboxylic acids is 1. The number of hydrogen-bond donors (Lipinski definition) is 1. The summed E-state index contributed by atoms with van der Waals surface area (Å²) in [5.74, 6) is 0.983. The van der Waals surface area contributed by atoms with Gasteiger partial charge in [0.1, 0.15) is 0 Å². The Labute approximate surface area is 142 Å². The highest BCUT2D eigenvalue weighted by Gasteiger charge is 2.40. The molecule has 0 radical (unpaired) electrons. The first kappa shape index (κ1) is 17.1. The summed E-state index contributed by atoms with van der Waals surface area (Å²) in [6.07, 6.45) is 3.32. The summed E-state index contributed by atoms with van der Waals surface area (Å²) in [5, 5.41) is 11.3. The molecule has 132 valence electrons. The highest BCUT2D eigenvalue weighted by Crippen LogP contribution is 2.32. The van der Waals surface area contributed by atoms with Crippen molar-refractivity contribution in [2.45, 2.75) is 45.3 Å². The van der Waals surface area contributed by atoms with E-state index in [1.54, 1.807) is 0 Å². The van der Waals surface area contributed by atoms with Gasteiger partial charge in [0, 0.05) is 31.8 Å². The summed E-state index contributed by atoms with van der Waals surface area (Å²) < 4.78 is 11.5. The van der Waals surface area contributed by atoms with Crippen LogP contribution >= 0.6 is 0 Å². The molecule has 24 heavy (non-hydrogen) atoms. The maximum atomic E-state index is 12.1. The molecule has 7 heteroatoms. The van der Waals surface area contributed by atoms with E-state index < -0.39 is 0 Å². The van der Waals surface area contributed by atoms with Crippen LogP contribution in [-0.2, 0) is 14.3 Å². The molecule has 0 aliphatic carbocycles. The van der Waals surface area contributed by atoms with E-state index in [0.717, 1.165) is 44.6 Å². The van der Waals surface area contributed by atoms with Crippen LogP contribution in [0.3, 0.4) is 0 Å².